The lowest BCUT2D eigenvalue weighted by Gasteiger charge is -2.58. The monoisotopic (exact) mass is 480 g/mol. The number of rotatable bonds is 7. The molecular formula is C27H31ClN3O3+. The van der Waals surface area contributed by atoms with Crippen LogP contribution in [0, 0.1) is 11.8 Å². The third kappa shape index (κ3) is 4.04. The van der Waals surface area contributed by atoms with Gasteiger partial charge in [0.2, 0.25) is 5.88 Å². The van der Waals surface area contributed by atoms with Crippen LogP contribution in [0.15, 0.2) is 55.3 Å². The van der Waals surface area contributed by atoms with Gasteiger partial charge in [0.1, 0.15) is 29.6 Å². The second-order valence-electron chi connectivity index (χ2n) is 9.60. The molecule has 2 aromatic heterocycles. The van der Waals surface area contributed by atoms with Crippen molar-refractivity contribution in [2.24, 2.45) is 11.8 Å². The van der Waals surface area contributed by atoms with E-state index in [0.717, 1.165) is 64.7 Å². The molecule has 3 saturated heterocycles. The summed E-state index contributed by atoms with van der Waals surface area (Å²) in [5.41, 5.74) is 2.83. The smallest absolute Gasteiger partial charge is 0.214 e. The summed E-state index contributed by atoms with van der Waals surface area (Å²) < 4.78 is 11.6. The van der Waals surface area contributed by atoms with E-state index in [9.17, 15) is 5.11 Å². The Morgan fingerprint density at radius 3 is 2.85 bits per heavy atom. The summed E-state index contributed by atoms with van der Waals surface area (Å²) >= 11 is 6.31. The summed E-state index contributed by atoms with van der Waals surface area (Å²) in [4.78, 5) is 8.75. The maximum atomic E-state index is 11.9. The highest BCUT2D eigenvalue weighted by Crippen LogP contribution is 2.48. The van der Waals surface area contributed by atoms with Gasteiger partial charge in [-0.3, -0.25) is 4.98 Å². The van der Waals surface area contributed by atoms with Crippen molar-refractivity contribution in [1.29, 1.82) is 0 Å². The number of quaternary nitrogens is 1. The summed E-state index contributed by atoms with van der Waals surface area (Å²) in [6.45, 7) is 6.83. The Morgan fingerprint density at radius 2 is 2.09 bits per heavy atom. The van der Waals surface area contributed by atoms with Crippen molar-refractivity contribution in [1.82, 2.24) is 9.97 Å². The molecule has 0 spiro atoms. The zero-order valence-electron chi connectivity index (χ0n) is 19.7. The van der Waals surface area contributed by atoms with Crippen LogP contribution in [-0.4, -0.2) is 52.9 Å². The van der Waals surface area contributed by atoms with Crippen LogP contribution in [-0.2, 0) is 6.54 Å². The van der Waals surface area contributed by atoms with E-state index in [1.54, 1.807) is 20.4 Å². The average molecular weight is 481 g/mol. The minimum Gasteiger partial charge on any atom is -0.497 e. The summed E-state index contributed by atoms with van der Waals surface area (Å²) in [5.74, 6) is 2.24. The predicted octanol–water partition coefficient (Wildman–Crippen LogP) is 4.95. The Labute approximate surface area is 205 Å². The average Bonchev–Trinajstić information content (AvgIpc) is 2.87. The summed E-state index contributed by atoms with van der Waals surface area (Å²) in [7, 11) is 3.26. The Bertz CT molecular complexity index is 1220. The quantitative estimate of drug-likeness (QED) is 0.294. The Kier molecular flexibility index (Phi) is 6.23. The van der Waals surface area contributed by atoms with Crippen LogP contribution in [0.3, 0.4) is 0 Å². The van der Waals surface area contributed by atoms with Crippen molar-refractivity contribution in [3.8, 4) is 11.6 Å². The van der Waals surface area contributed by atoms with Crippen LogP contribution in [0.4, 0.5) is 0 Å². The highest BCUT2D eigenvalue weighted by Gasteiger charge is 2.54. The molecule has 1 unspecified atom stereocenters. The molecular weight excluding hydrogens is 450 g/mol. The zero-order chi connectivity index (χ0) is 23.9. The topological polar surface area (TPSA) is 64.5 Å². The van der Waals surface area contributed by atoms with Gasteiger partial charge in [0, 0.05) is 42.0 Å². The lowest BCUT2D eigenvalue weighted by molar-refractivity contribution is -0.984. The molecule has 5 heterocycles. The van der Waals surface area contributed by atoms with E-state index in [1.807, 2.05) is 36.4 Å². The Balaban J connectivity index is 1.57. The number of hydrogen-bond donors (Lipinski definition) is 1. The van der Waals surface area contributed by atoms with Gasteiger partial charge in [-0.25, -0.2) is 4.98 Å². The second-order valence-corrected chi connectivity index (χ2v) is 9.99. The molecule has 1 aromatic carbocycles. The van der Waals surface area contributed by atoms with Crippen molar-refractivity contribution >= 4 is 22.5 Å². The number of aliphatic hydroxyl groups is 1. The number of ether oxygens (including phenoxy) is 2. The third-order valence-corrected chi connectivity index (χ3v) is 8.07. The molecule has 0 saturated carbocycles. The number of benzene rings is 1. The fraction of sp³-hybridized carbons (Fsp3) is 0.407. The first kappa shape index (κ1) is 23.1. The van der Waals surface area contributed by atoms with Gasteiger partial charge in [-0.05, 0) is 41.8 Å². The first-order valence-electron chi connectivity index (χ1n) is 11.8. The molecule has 1 N–H and O–H groups in total. The van der Waals surface area contributed by atoms with Gasteiger partial charge >= 0.3 is 0 Å². The van der Waals surface area contributed by atoms with Crippen molar-refractivity contribution in [2.75, 3.05) is 27.3 Å². The molecule has 6 nitrogen and oxygen atoms in total. The second kappa shape index (κ2) is 9.17. The van der Waals surface area contributed by atoms with Gasteiger partial charge in [-0.2, -0.15) is 0 Å². The molecule has 34 heavy (non-hydrogen) atoms. The molecule has 6 rings (SSSR count). The molecule has 7 heteroatoms. The van der Waals surface area contributed by atoms with Crippen LogP contribution in [0.1, 0.15) is 30.1 Å². The normalized spacial score (nSPS) is 26.9. The highest BCUT2D eigenvalue weighted by atomic mass is 35.5. The predicted molar refractivity (Wildman–Crippen MR) is 133 cm³/mol. The molecule has 3 aliphatic rings. The maximum absolute atomic E-state index is 11.9. The minimum atomic E-state index is -0.634. The van der Waals surface area contributed by atoms with Crippen molar-refractivity contribution in [2.45, 2.75) is 31.5 Å². The summed E-state index contributed by atoms with van der Waals surface area (Å²) in [6, 6.07) is 11.7. The largest absolute Gasteiger partial charge is 0.497 e. The first-order valence-corrected chi connectivity index (χ1v) is 12.1. The van der Waals surface area contributed by atoms with E-state index < -0.39 is 6.10 Å². The SMILES string of the molecule is C=C[C@H]1C[N+]2(Cc3cc(Cl)nc(OC)c3)CC[C@H]1C[C@H]2[C@H](O)c1ccnc2ccc(OC)cc12. The third-order valence-electron chi connectivity index (χ3n) is 7.88. The fourth-order valence-corrected chi connectivity index (χ4v) is 6.43. The number of aromatic nitrogens is 2. The lowest BCUT2D eigenvalue weighted by atomic mass is 9.71. The fourth-order valence-electron chi connectivity index (χ4n) is 6.20. The first-order chi connectivity index (χ1) is 16.5. The number of fused-ring (bicyclic) bond motifs is 4. The van der Waals surface area contributed by atoms with Crippen LogP contribution in [0.2, 0.25) is 5.15 Å². The number of hydrogen-bond acceptors (Lipinski definition) is 5. The molecule has 178 valence electrons. The van der Waals surface area contributed by atoms with E-state index in [1.165, 1.54) is 0 Å². The van der Waals surface area contributed by atoms with E-state index >= 15 is 0 Å². The van der Waals surface area contributed by atoms with Crippen LogP contribution >= 0.6 is 11.6 Å². The van der Waals surface area contributed by atoms with E-state index in [4.69, 9.17) is 21.1 Å². The number of aliphatic hydroxyl groups excluding tert-OH is 1. The lowest BCUT2D eigenvalue weighted by Crippen LogP contribution is -2.67. The van der Waals surface area contributed by atoms with E-state index in [-0.39, 0.29) is 6.04 Å². The molecule has 5 atom stereocenters. The summed E-state index contributed by atoms with van der Waals surface area (Å²) in [6.07, 6.45) is 5.33. The van der Waals surface area contributed by atoms with Crippen LogP contribution in [0.5, 0.6) is 11.6 Å². The molecule has 3 aromatic rings. The highest BCUT2D eigenvalue weighted by molar-refractivity contribution is 6.29. The number of pyridine rings is 2. The number of halogens is 1. The van der Waals surface area contributed by atoms with Gasteiger partial charge in [0.15, 0.2) is 0 Å². The molecule has 3 aliphatic heterocycles. The van der Waals surface area contributed by atoms with Crippen molar-refractivity contribution in [3.05, 3.63) is 71.5 Å². The van der Waals surface area contributed by atoms with E-state index in [2.05, 4.69) is 22.6 Å². The minimum absolute atomic E-state index is 0.0460. The molecule has 0 radical (unpaired) electrons. The zero-order valence-corrected chi connectivity index (χ0v) is 20.4. The van der Waals surface area contributed by atoms with Gasteiger partial charge in [0.05, 0.1) is 32.8 Å². The number of methoxy groups -OCH3 is 2. The summed E-state index contributed by atoms with van der Waals surface area (Å²) in [5, 5.41) is 13.3. The number of nitrogens with zero attached hydrogens (tertiary/aromatic N) is 3. The van der Waals surface area contributed by atoms with E-state index in [0.29, 0.717) is 22.9 Å². The molecule has 2 bridgehead atoms. The molecule has 3 fully saturated rings. The van der Waals surface area contributed by atoms with Crippen molar-refractivity contribution in [3.63, 3.8) is 0 Å². The van der Waals surface area contributed by atoms with Gasteiger partial charge < -0.3 is 19.1 Å². The molecule has 0 amide bonds. The standard InChI is InChI=1S/C27H31ClN3O3/c1-4-18-16-31(15-17-11-25(28)30-26(12-17)34-3)10-8-19(18)13-24(31)27(32)21-7-9-29-23-6-5-20(33-2)14-22(21)23/h4-7,9,11-12,14,18-19,24,27,32H,1,8,10,13,15-16H2,2-3H3/q+1/t18-,19-,24-,27+,31?/m0/s1. The Morgan fingerprint density at radius 1 is 1.24 bits per heavy atom. The van der Waals surface area contributed by atoms with Gasteiger partial charge in [-0.1, -0.05) is 17.7 Å². The molecule has 0 aliphatic carbocycles. The Hall–Kier alpha value is -2.67. The maximum Gasteiger partial charge on any atom is 0.214 e. The van der Waals surface area contributed by atoms with Crippen LogP contribution < -0.4 is 9.47 Å². The number of piperidine rings is 3. The van der Waals surface area contributed by atoms with Crippen LogP contribution in [0.25, 0.3) is 10.9 Å². The van der Waals surface area contributed by atoms with Gasteiger partial charge in [0.25, 0.3) is 0 Å². The van der Waals surface area contributed by atoms with Gasteiger partial charge in [-0.15, -0.1) is 6.58 Å². The van der Waals surface area contributed by atoms with Crippen molar-refractivity contribution < 1.29 is 19.1 Å².